The molecule has 6 nitrogen and oxygen atoms in total. The molecule has 1 aromatic carbocycles. The molecule has 5 rings (SSSR count). The van der Waals surface area contributed by atoms with Gasteiger partial charge < -0.3 is 14.8 Å². The van der Waals surface area contributed by atoms with Gasteiger partial charge in [0.05, 0.1) is 24.8 Å². The molecule has 1 aliphatic carbocycles. The Kier molecular flexibility index (Phi) is 4.65. The van der Waals surface area contributed by atoms with Crippen molar-refractivity contribution in [3.8, 4) is 22.9 Å². The topological polar surface area (TPSA) is 73.3 Å². The summed E-state index contributed by atoms with van der Waals surface area (Å²) in [5.41, 5.74) is 5.61. The molecule has 0 saturated heterocycles. The lowest BCUT2D eigenvalue weighted by Gasteiger charge is -2.18. The number of nitrogens with one attached hydrogen (secondary N) is 1. The third kappa shape index (κ3) is 3.42. The Labute approximate surface area is 181 Å². The molecule has 1 fully saturated rings. The van der Waals surface area contributed by atoms with Gasteiger partial charge in [0.25, 0.3) is 0 Å². The summed E-state index contributed by atoms with van der Waals surface area (Å²) in [6.07, 6.45) is 4.34. The van der Waals surface area contributed by atoms with Crippen molar-refractivity contribution < 1.29 is 14.3 Å². The monoisotopic (exact) mass is 415 g/mol. The first-order valence-electron chi connectivity index (χ1n) is 10.6. The van der Waals surface area contributed by atoms with Crippen LogP contribution < -0.4 is 14.8 Å². The maximum atomic E-state index is 13.3. The zero-order valence-corrected chi connectivity index (χ0v) is 18.0. The molecule has 0 bridgehead atoms. The summed E-state index contributed by atoms with van der Waals surface area (Å²) in [7, 11) is 1.59. The van der Waals surface area contributed by atoms with Gasteiger partial charge in [0.1, 0.15) is 11.6 Å². The van der Waals surface area contributed by atoms with E-state index in [9.17, 15) is 4.79 Å². The van der Waals surface area contributed by atoms with Gasteiger partial charge in [-0.3, -0.25) is 4.79 Å². The largest absolute Gasteiger partial charge is 0.493 e. The van der Waals surface area contributed by atoms with E-state index >= 15 is 0 Å². The summed E-state index contributed by atoms with van der Waals surface area (Å²) in [6, 6.07) is 11.8. The fraction of sp³-hybridized carbons (Fsp3) is 0.320. The summed E-state index contributed by atoms with van der Waals surface area (Å²) >= 11 is 0. The Morgan fingerprint density at radius 3 is 2.71 bits per heavy atom. The van der Waals surface area contributed by atoms with Crippen molar-refractivity contribution in [2.24, 2.45) is 0 Å². The number of ether oxygens (including phenoxy) is 2. The number of fused-ring (bicyclic) bond motifs is 1. The molecule has 1 aliphatic heterocycles. The lowest BCUT2D eigenvalue weighted by Crippen LogP contribution is -2.28. The van der Waals surface area contributed by atoms with Crippen molar-refractivity contribution >= 4 is 11.7 Å². The Bertz CT molecular complexity index is 1170. The molecule has 1 saturated carbocycles. The lowest BCUT2D eigenvalue weighted by atomic mass is 9.92. The van der Waals surface area contributed by atoms with E-state index in [0.717, 1.165) is 53.0 Å². The summed E-state index contributed by atoms with van der Waals surface area (Å²) in [4.78, 5) is 22.4. The number of nitrogens with zero attached hydrogens (tertiary/aromatic N) is 2. The molecular weight excluding hydrogens is 390 g/mol. The Balaban J connectivity index is 1.43. The van der Waals surface area contributed by atoms with Gasteiger partial charge in [-0.15, -0.1) is 0 Å². The molecule has 2 aromatic heterocycles. The van der Waals surface area contributed by atoms with E-state index in [0.29, 0.717) is 18.3 Å². The third-order valence-corrected chi connectivity index (χ3v) is 6.42. The molecule has 1 N–H and O–H groups in total. The summed E-state index contributed by atoms with van der Waals surface area (Å²) in [5.74, 6) is 2.06. The Hall–Kier alpha value is -3.41. The molecule has 3 heterocycles. The minimum Gasteiger partial charge on any atom is -0.493 e. The molecule has 0 spiro atoms. The highest BCUT2D eigenvalue weighted by molar-refractivity contribution is 6.01. The molecule has 3 aromatic rings. The highest BCUT2D eigenvalue weighted by atomic mass is 16.5. The molecule has 1 amide bonds. The highest BCUT2D eigenvalue weighted by Crippen LogP contribution is 2.50. The van der Waals surface area contributed by atoms with Crippen molar-refractivity contribution in [1.82, 2.24) is 9.97 Å². The fourth-order valence-electron chi connectivity index (χ4n) is 4.21. The molecular formula is C25H25N3O3. The Morgan fingerprint density at radius 1 is 1.16 bits per heavy atom. The normalized spacial score (nSPS) is 15.7. The number of hydrogen-bond acceptors (Lipinski definition) is 5. The zero-order chi connectivity index (χ0) is 21.6. The van der Waals surface area contributed by atoms with Crippen LogP contribution in [-0.2, 0) is 16.6 Å². The number of hydrogen-bond donors (Lipinski definition) is 1. The van der Waals surface area contributed by atoms with Gasteiger partial charge in [-0.2, -0.15) is 0 Å². The molecule has 2 aliphatic rings. The first kappa shape index (κ1) is 19.5. The van der Waals surface area contributed by atoms with Gasteiger partial charge in [-0.05, 0) is 67.1 Å². The maximum absolute atomic E-state index is 13.3. The van der Waals surface area contributed by atoms with Crippen molar-refractivity contribution in [2.45, 2.75) is 38.5 Å². The van der Waals surface area contributed by atoms with Crippen molar-refractivity contribution in [3.05, 3.63) is 64.8 Å². The fourth-order valence-corrected chi connectivity index (χ4v) is 4.21. The van der Waals surface area contributed by atoms with Crippen LogP contribution in [0, 0.1) is 13.8 Å². The van der Waals surface area contributed by atoms with Gasteiger partial charge >= 0.3 is 0 Å². The van der Waals surface area contributed by atoms with Crippen LogP contribution in [0.4, 0.5) is 5.82 Å². The zero-order valence-electron chi connectivity index (χ0n) is 18.0. The van der Waals surface area contributed by atoms with Gasteiger partial charge in [0, 0.05) is 24.2 Å². The molecule has 31 heavy (non-hydrogen) atoms. The molecule has 6 heteroatoms. The number of carbonyl (C=O) groups excluding carboxylic acids is 1. The predicted octanol–water partition coefficient (Wildman–Crippen LogP) is 4.37. The minimum atomic E-state index is -0.472. The number of benzene rings is 1. The van der Waals surface area contributed by atoms with Crippen LogP contribution in [0.15, 0.2) is 42.6 Å². The van der Waals surface area contributed by atoms with Gasteiger partial charge in [-0.25, -0.2) is 9.97 Å². The van der Waals surface area contributed by atoms with Crippen molar-refractivity contribution in [3.63, 3.8) is 0 Å². The average molecular weight is 415 g/mol. The van der Waals surface area contributed by atoms with Crippen LogP contribution in [0.3, 0.4) is 0 Å². The predicted molar refractivity (Wildman–Crippen MR) is 119 cm³/mol. The summed E-state index contributed by atoms with van der Waals surface area (Å²) in [5, 5.41) is 3.09. The van der Waals surface area contributed by atoms with E-state index in [1.165, 1.54) is 5.56 Å². The van der Waals surface area contributed by atoms with Crippen LogP contribution in [0.2, 0.25) is 0 Å². The number of amides is 1. The SMILES string of the molecule is COc1ccc(-c2nc(NC(=O)C3(c4ccc5c(c4)CCO5)CC3)cc(C)c2C)cn1. The smallest absolute Gasteiger partial charge is 0.236 e. The second-order valence-electron chi connectivity index (χ2n) is 8.34. The first-order chi connectivity index (χ1) is 15.0. The number of aryl methyl sites for hydroxylation is 1. The van der Waals surface area contributed by atoms with E-state index in [2.05, 4.69) is 16.4 Å². The van der Waals surface area contributed by atoms with Crippen LogP contribution in [0.5, 0.6) is 11.6 Å². The quantitative estimate of drug-likeness (QED) is 0.670. The second kappa shape index (κ2) is 7.38. The summed E-state index contributed by atoms with van der Waals surface area (Å²) < 4.78 is 10.8. The van der Waals surface area contributed by atoms with Gasteiger partial charge in [-0.1, -0.05) is 12.1 Å². The third-order valence-electron chi connectivity index (χ3n) is 6.42. The molecule has 0 radical (unpaired) electrons. The van der Waals surface area contributed by atoms with Crippen molar-refractivity contribution in [1.29, 1.82) is 0 Å². The van der Waals surface area contributed by atoms with Crippen LogP contribution >= 0.6 is 0 Å². The van der Waals surface area contributed by atoms with E-state index < -0.39 is 5.41 Å². The van der Waals surface area contributed by atoms with Crippen LogP contribution in [0.1, 0.15) is 35.1 Å². The van der Waals surface area contributed by atoms with Crippen LogP contribution in [0.25, 0.3) is 11.3 Å². The first-order valence-corrected chi connectivity index (χ1v) is 10.6. The highest BCUT2D eigenvalue weighted by Gasteiger charge is 2.51. The standard InChI is InChI=1S/C25H25N3O3/c1-15-12-21(27-23(16(15)2)18-4-7-22(30-3)26-14-18)28-24(29)25(9-10-25)19-5-6-20-17(13-19)8-11-31-20/h4-7,12-14H,8-11H2,1-3H3,(H,27,28,29). The van der Waals surface area contributed by atoms with E-state index in [-0.39, 0.29) is 5.91 Å². The van der Waals surface area contributed by atoms with E-state index in [1.807, 2.05) is 44.2 Å². The Morgan fingerprint density at radius 2 is 2.00 bits per heavy atom. The molecule has 158 valence electrons. The maximum Gasteiger partial charge on any atom is 0.236 e. The molecule has 0 unspecified atom stereocenters. The number of aromatic nitrogens is 2. The summed E-state index contributed by atoms with van der Waals surface area (Å²) in [6.45, 7) is 4.77. The van der Waals surface area contributed by atoms with Gasteiger partial charge in [0.2, 0.25) is 11.8 Å². The number of anilines is 1. The van der Waals surface area contributed by atoms with E-state index in [1.54, 1.807) is 13.3 Å². The number of carbonyl (C=O) groups is 1. The van der Waals surface area contributed by atoms with Crippen molar-refractivity contribution in [2.75, 3.05) is 19.0 Å². The van der Waals surface area contributed by atoms with E-state index in [4.69, 9.17) is 14.5 Å². The minimum absolute atomic E-state index is 0.000856. The second-order valence-corrected chi connectivity index (χ2v) is 8.34. The van der Waals surface area contributed by atoms with Crippen LogP contribution in [-0.4, -0.2) is 29.6 Å². The molecule has 0 atom stereocenters. The number of rotatable bonds is 5. The number of methoxy groups -OCH3 is 1. The average Bonchev–Trinajstić information content (AvgIpc) is 3.47. The lowest BCUT2D eigenvalue weighted by molar-refractivity contribution is -0.118. The van der Waals surface area contributed by atoms with Gasteiger partial charge in [0.15, 0.2) is 0 Å². The number of pyridine rings is 2.